The second kappa shape index (κ2) is 3.66. The molecule has 0 unspecified atom stereocenters. The molecule has 0 atom stereocenters. The zero-order chi connectivity index (χ0) is 10.0. The number of ether oxygens (including phenoxy) is 1. The van der Waals surface area contributed by atoms with Crippen molar-refractivity contribution in [3.05, 3.63) is 22.8 Å². The summed E-state index contributed by atoms with van der Waals surface area (Å²) in [5.74, 6) is -0.178. The fourth-order valence-electron chi connectivity index (χ4n) is 1.29. The van der Waals surface area contributed by atoms with Crippen LogP contribution >= 0.6 is 0 Å². The first-order valence-corrected chi connectivity index (χ1v) is 4.04. The summed E-state index contributed by atoms with van der Waals surface area (Å²) in [4.78, 5) is 22.8. The number of ketones is 2. The molecule has 0 aromatic rings. The topological polar surface area (TPSA) is 43.4 Å². The Bertz CT molecular complexity index is 321. The maximum atomic E-state index is 11.4. The minimum absolute atomic E-state index is 0.0633. The van der Waals surface area contributed by atoms with E-state index in [4.69, 9.17) is 4.74 Å². The highest BCUT2D eigenvalue weighted by molar-refractivity contribution is 6.22. The Morgan fingerprint density at radius 2 is 1.92 bits per heavy atom. The Morgan fingerprint density at radius 1 is 1.31 bits per heavy atom. The van der Waals surface area contributed by atoms with Crippen molar-refractivity contribution in [2.24, 2.45) is 0 Å². The van der Waals surface area contributed by atoms with E-state index in [1.807, 2.05) is 0 Å². The molecule has 3 nitrogen and oxygen atoms in total. The van der Waals surface area contributed by atoms with Crippen LogP contribution in [-0.2, 0) is 14.3 Å². The summed E-state index contributed by atoms with van der Waals surface area (Å²) in [7, 11) is 1.50. The molecule has 0 aliphatic heterocycles. The van der Waals surface area contributed by atoms with Gasteiger partial charge < -0.3 is 4.74 Å². The third-order valence-electron chi connectivity index (χ3n) is 2.09. The fourth-order valence-corrected chi connectivity index (χ4v) is 1.29. The summed E-state index contributed by atoms with van der Waals surface area (Å²) < 4.78 is 4.85. The molecule has 0 bridgehead atoms. The first-order valence-electron chi connectivity index (χ1n) is 4.04. The molecule has 0 radical (unpaired) electrons. The smallest absolute Gasteiger partial charge is 0.185 e. The van der Waals surface area contributed by atoms with Crippen LogP contribution in [0.4, 0.5) is 0 Å². The van der Waals surface area contributed by atoms with E-state index in [0.29, 0.717) is 16.7 Å². The summed E-state index contributed by atoms with van der Waals surface area (Å²) >= 11 is 0. The van der Waals surface area contributed by atoms with E-state index in [2.05, 4.69) is 0 Å². The van der Waals surface area contributed by atoms with Crippen molar-refractivity contribution in [1.82, 2.24) is 0 Å². The molecule has 1 rings (SSSR count). The molecule has 1 aliphatic rings. The van der Waals surface area contributed by atoms with Crippen LogP contribution < -0.4 is 0 Å². The Balaban J connectivity index is 3.06. The Kier molecular flexibility index (Phi) is 2.78. The van der Waals surface area contributed by atoms with Gasteiger partial charge in [0.25, 0.3) is 0 Å². The SMILES string of the molecule is COCC1=C(C)C(=O)C(C)=CC1=O. The Hall–Kier alpha value is -1.22. The first kappa shape index (κ1) is 9.86. The van der Waals surface area contributed by atoms with Crippen molar-refractivity contribution >= 4 is 11.6 Å². The molecule has 1 aliphatic carbocycles. The predicted octanol–water partition coefficient (Wildman–Crippen LogP) is 1.05. The Labute approximate surface area is 77.1 Å². The van der Waals surface area contributed by atoms with Gasteiger partial charge in [0.1, 0.15) is 0 Å². The van der Waals surface area contributed by atoms with Crippen molar-refractivity contribution < 1.29 is 14.3 Å². The molecule has 0 fully saturated rings. The van der Waals surface area contributed by atoms with Gasteiger partial charge in [-0.15, -0.1) is 0 Å². The molecule has 0 aromatic heterocycles. The third kappa shape index (κ3) is 1.75. The maximum absolute atomic E-state index is 11.4. The third-order valence-corrected chi connectivity index (χ3v) is 2.09. The van der Waals surface area contributed by atoms with Gasteiger partial charge in [-0.25, -0.2) is 0 Å². The lowest BCUT2D eigenvalue weighted by Gasteiger charge is -2.13. The summed E-state index contributed by atoms with van der Waals surface area (Å²) in [5, 5.41) is 0. The lowest BCUT2D eigenvalue weighted by molar-refractivity contribution is -0.116. The van der Waals surface area contributed by atoms with Crippen LogP contribution in [0, 0.1) is 0 Å². The van der Waals surface area contributed by atoms with Crippen molar-refractivity contribution in [2.75, 3.05) is 13.7 Å². The number of rotatable bonds is 2. The minimum atomic E-state index is -0.114. The molecule has 0 N–H and O–H groups in total. The zero-order valence-electron chi connectivity index (χ0n) is 8.01. The molecule has 0 saturated heterocycles. The minimum Gasteiger partial charge on any atom is -0.380 e. The van der Waals surface area contributed by atoms with Crippen LogP contribution in [0.1, 0.15) is 13.8 Å². The number of hydrogen-bond donors (Lipinski definition) is 0. The van der Waals surface area contributed by atoms with Crippen LogP contribution in [0.15, 0.2) is 22.8 Å². The quantitative estimate of drug-likeness (QED) is 0.596. The average Bonchev–Trinajstić information content (AvgIpc) is 2.09. The highest BCUT2D eigenvalue weighted by Gasteiger charge is 2.22. The van der Waals surface area contributed by atoms with E-state index in [1.54, 1.807) is 13.8 Å². The van der Waals surface area contributed by atoms with Crippen molar-refractivity contribution in [3.8, 4) is 0 Å². The van der Waals surface area contributed by atoms with E-state index in [1.165, 1.54) is 13.2 Å². The summed E-state index contributed by atoms with van der Waals surface area (Å²) in [6.45, 7) is 3.51. The van der Waals surface area contributed by atoms with Crippen molar-refractivity contribution in [1.29, 1.82) is 0 Å². The number of carbonyl (C=O) groups is 2. The number of hydrogen-bond acceptors (Lipinski definition) is 3. The van der Waals surface area contributed by atoms with Gasteiger partial charge in [-0.2, -0.15) is 0 Å². The second-order valence-corrected chi connectivity index (χ2v) is 3.06. The molecule has 0 amide bonds. The average molecular weight is 180 g/mol. The number of carbonyl (C=O) groups excluding carboxylic acids is 2. The molecule has 0 saturated carbocycles. The van der Waals surface area contributed by atoms with Gasteiger partial charge in [0.2, 0.25) is 0 Å². The molecule has 70 valence electrons. The summed E-state index contributed by atoms with van der Waals surface area (Å²) in [6, 6.07) is 0. The number of methoxy groups -OCH3 is 1. The summed E-state index contributed by atoms with van der Waals surface area (Å²) in [6.07, 6.45) is 1.36. The lowest BCUT2D eigenvalue weighted by atomic mass is 9.92. The largest absolute Gasteiger partial charge is 0.380 e. The zero-order valence-corrected chi connectivity index (χ0v) is 8.01. The van der Waals surface area contributed by atoms with Gasteiger partial charge in [0.05, 0.1) is 6.61 Å². The predicted molar refractivity (Wildman–Crippen MR) is 48.3 cm³/mol. The van der Waals surface area contributed by atoms with Gasteiger partial charge in [-0.3, -0.25) is 9.59 Å². The van der Waals surface area contributed by atoms with Crippen LogP contribution in [0.5, 0.6) is 0 Å². The summed E-state index contributed by atoms with van der Waals surface area (Å²) in [5.41, 5.74) is 1.48. The van der Waals surface area contributed by atoms with Gasteiger partial charge >= 0.3 is 0 Å². The molecular formula is C10H12O3. The molecule has 0 spiro atoms. The van der Waals surface area contributed by atoms with Crippen molar-refractivity contribution in [3.63, 3.8) is 0 Å². The standard InChI is InChI=1S/C10H12O3/c1-6-4-9(11)8(5-13-3)7(2)10(6)12/h4H,5H2,1-3H3. The van der Waals surface area contributed by atoms with Crippen LogP contribution in [0.2, 0.25) is 0 Å². The van der Waals surface area contributed by atoms with Gasteiger partial charge in [0, 0.05) is 23.8 Å². The number of allylic oxidation sites excluding steroid dienone is 3. The van der Waals surface area contributed by atoms with Gasteiger partial charge in [-0.05, 0) is 19.9 Å². The fraction of sp³-hybridized carbons (Fsp3) is 0.400. The van der Waals surface area contributed by atoms with E-state index < -0.39 is 0 Å². The highest BCUT2D eigenvalue weighted by atomic mass is 16.5. The van der Waals surface area contributed by atoms with Crippen LogP contribution in [0.3, 0.4) is 0 Å². The van der Waals surface area contributed by atoms with Crippen LogP contribution in [0.25, 0.3) is 0 Å². The van der Waals surface area contributed by atoms with E-state index in [9.17, 15) is 9.59 Å². The molecule has 0 aromatic carbocycles. The lowest BCUT2D eigenvalue weighted by Crippen LogP contribution is -2.19. The normalized spacial score (nSPS) is 17.9. The molecule has 3 heteroatoms. The maximum Gasteiger partial charge on any atom is 0.185 e. The van der Waals surface area contributed by atoms with E-state index in [-0.39, 0.29) is 18.2 Å². The molecule has 0 heterocycles. The van der Waals surface area contributed by atoms with Crippen molar-refractivity contribution in [2.45, 2.75) is 13.8 Å². The van der Waals surface area contributed by atoms with Gasteiger partial charge in [0.15, 0.2) is 11.6 Å². The second-order valence-electron chi connectivity index (χ2n) is 3.06. The number of Topliss-reactive ketones (excluding diaryl/α,β-unsaturated/α-hetero) is 1. The first-order chi connectivity index (χ1) is 6.07. The Morgan fingerprint density at radius 3 is 2.46 bits per heavy atom. The molecule has 13 heavy (non-hydrogen) atoms. The molecular weight excluding hydrogens is 168 g/mol. The van der Waals surface area contributed by atoms with E-state index in [0.717, 1.165) is 0 Å². The monoisotopic (exact) mass is 180 g/mol. The highest BCUT2D eigenvalue weighted by Crippen LogP contribution is 2.18. The van der Waals surface area contributed by atoms with Crippen LogP contribution in [-0.4, -0.2) is 25.3 Å². The van der Waals surface area contributed by atoms with Gasteiger partial charge in [-0.1, -0.05) is 0 Å². The van der Waals surface area contributed by atoms with E-state index >= 15 is 0 Å².